The number of nitrogens with zero attached hydrogens (tertiary/aromatic N) is 1. The van der Waals surface area contributed by atoms with Crippen LogP contribution in [0.15, 0.2) is 24.8 Å². The molecule has 0 spiro atoms. The van der Waals surface area contributed by atoms with Gasteiger partial charge in [-0.1, -0.05) is 12.6 Å². The highest BCUT2D eigenvalue weighted by Gasteiger charge is 2.22. The highest BCUT2D eigenvalue weighted by Crippen LogP contribution is 2.32. The molecule has 0 aromatic heterocycles. The van der Waals surface area contributed by atoms with Gasteiger partial charge in [-0.05, 0) is 38.6 Å². The number of phenols is 1. The van der Waals surface area contributed by atoms with Crippen LogP contribution >= 0.6 is 0 Å². The van der Waals surface area contributed by atoms with Gasteiger partial charge in [-0.25, -0.2) is 0 Å². The third kappa shape index (κ3) is 2.43. The predicted octanol–water partition coefficient (Wildman–Crippen LogP) is 2.01. The molecule has 0 saturated carbocycles. The number of benzene rings is 1. The number of aromatic hydroxyl groups is 1. The molecule has 0 aliphatic carbocycles. The zero-order chi connectivity index (χ0) is 13.1. The summed E-state index contributed by atoms with van der Waals surface area (Å²) in [6, 6.07) is 5.22. The Bertz CT molecular complexity index is 445. The van der Waals surface area contributed by atoms with E-state index in [1.54, 1.807) is 19.2 Å². The molecule has 4 heteroatoms. The van der Waals surface area contributed by atoms with Crippen LogP contribution < -0.4 is 10.1 Å². The summed E-state index contributed by atoms with van der Waals surface area (Å²) >= 11 is 0. The van der Waals surface area contributed by atoms with Crippen molar-refractivity contribution < 1.29 is 9.84 Å². The Labute approximate surface area is 108 Å². The summed E-state index contributed by atoms with van der Waals surface area (Å²) in [6.45, 7) is 5.10. The average molecular weight is 248 g/mol. The smallest absolute Gasteiger partial charge is 0.131 e. The molecule has 1 fully saturated rings. The van der Waals surface area contributed by atoms with Crippen LogP contribution in [0.25, 0.3) is 5.70 Å². The van der Waals surface area contributed by atoms with E-state index in [1.807, 2.05) is 6.07 Å². The molecule has 1 atom stereocenters. The molecule has 98 valence electrons. The van der Waals surface area contributed by atoms with E-state index >= 15 is 0 Å². The van der Waals surface area contributed by atoms with Crippen LogP contribution in [0.3, 0.4) is 0 Å². The van der Waals surface area contributed by atoms with Gasteiger partial charge in [-0.3, -0.25) is 4.90 Å². The second kappa shape index (κ2) is 5.31. The minimum absolute atomic E-state index is 0.188. The minimum atomic E-state index is 0.188. The van der Waals surface area contributed by atoms with Crippen molar-refractivity contribution in [1.82, 2.24) is 10.2 Å². The largest absolute Gasteiger partial charge is 0.507 e. The topological polar surface area (TPSA) is 44.7 Å². The van der Waals surface area contributed by atoms with Crippen LogP contribution in [0, 0.1) is 0 Å². The molecule has 1 heterocycles. The molecule has 1 unspecified atom stereocenters. The van der Waals surface area contributed by atoms with Crippen LogP contribution in [-0.4, -0.2) is 36.9 Å². The summed E-state index contributed by atoms with van der Waals surface area (Å²) < 4.78 is 5.26. The van der Waals surface area contributed by atoms with Gasteiger partial charge < -0.3 is 15.2 Å². The van der Waals surface area contributed by atoms with Crippen molar-refractivity contribution in [3.05, 3.63) is 30.3 Å². The van der Waals surface area contributed by atoms with Gasteiger partial charge >= 0.3 is 0 Å². The molecular formula is C14H20N2O2. The Hall–Kier alpha value is -1.68. The van der Waals surface area contributed by atoms with Gasteiger partial charge in [0.1, 0.15) is 11.5 Å². The van der Waals surface area contributed by atoms with Crippen molar-refractivity contribution >= 4 is 5.70 Å². The molecule has 0 bridgehead atoms. The first kappa shape index (κ1) is 12.8. The lowest BCUT2D eigenvalue weighted by Gasteiger charge is -2.24. The first-order valence-corrected chi connectivity index (χ1v) is 6.15. The number of ether oxygens (including phenoxy) is 1. The highest BCUT2D eigenvalue weighted by atomic mass is 16.5. The Balaban J connectivity index is 2.18. The summed E-state index contributed by atoms with van der Waals surface area (Å²) in [4.78, 5) is 2.25. The van der Waals surface area contributed by atoms with Gasteiger partial charge in [-0.2, -0.15) is 0 Å². The standard InChI is InChI=1S/C14H20N2O2/c1-10(15-13-8-5-9-16(13)2)14-11(17)6-4-7-12(14)18-3/h4,6-7,13,15,17H,1,5,8-9H2,2-3H3. The summed E-state index contributed by atoms with van der Waals surface area (Å²) in [5, 5.41) is 13.3. The number of hydrogen-bond acceptors (Lipinski definition) is 4. The van der Waals surface area contributed by atoms with Crippen LogP contribution in [0.4, 0.5) is 0 Å². The quantitative estimate of drug-likeness (QED) is 0.855. The number of methoxy groups -OCH3 is 1. The van der Waals surface area contributed by atoms with Crippen LogP contribution in [0.1, 0.15) is 18.4 Å². The van der Waals surface area contributed by atoms with Gasteiger partial charge in [0.05, 0.1) is 18.8 Å². The van der Waals surface area contributed by atoms with Gasteiger partial charge in [0.2, 0.25) is 0 Å². The average Bonchev–Trinajstić information content (AvgIpc) is 2.74. The second-order valence-corrected chi connectivity index (χ2v) is 4.62. The fourth-order valence-electron chi connectivity index (χ4n) is 2.36. The fraction of sp³-hybridized carbons (Fsp3) is 0.429. The lowest BCUT2D eigenvalue weighted by atomic mass is 10.1. The monoisotopic (exact) mass is 248 g/mol. The maximum Gasteiger partial charge on any atom is 0.131 e. The molecule has 1 aliphatic heterocycles. The first-order valence-electron chi connectivity index (χ1n) is 6.15. The van der Waals surface area contributed by atoms with Crippen molar-refractivity contribution in [2.75, 3.05) is 20.7 Å². The highest BCUT2D eigenvalue weighted by molar-refractivity contribution is 5.72. The molecule has 0 amide bonds. The number of likely N-dealkylation sites (tertiary alicyclic amines) is 1. The van der Waals surface area contributed by atoms with E-state index in [-0.39, 0.29) is 11.9 Å². The summed E-state index contributed by atoms with van der Waals surface area (Å²) in [5.74, 6) is 0.820. The van der Waals surface area contributed by atoms with E-state index in [0.29, 0.717) is 17.0 Å². The van der Waals surface area contributed by atoms with Gasteiger partial charge in [0.25, 0.3) is 0 Å². The summed E-state index contributed by atoms with van der Waals surface area (Å²) in [6.07, 6.45) is 2.55. The van der Waals surface area contributed by atoms with E-state index in [2.05, 4.69) is 23.8 Å². The molecule has 4 nitrogen and oxygen atoms in total. The molecule has 1 aromatic carbocycles. The fourth-order valence-corrected chi connectivity index (χ4v) is 2.36. The molecule has 1 saturated heterocycles. The van der Waals surface area contributed by atoms with Crippen LogP contribution in [0.5, 0.6) is 11.5 Å². The molecule has 1 aliphatic rings. The summed E-state index contributed by atoms with van der Waals surface area (Å²) in [7, 11) is 3.67. The third-order valence-electron chi connectivity index (χ3n) is 3.39. The van der Waals surface area contributed by atoms with Crippen molar-refractivity contribution in [2.24, 2.45) is 0 Å². The van der Waals surface area contributed by atoms with E-state index < -0.39 is 0 Å². The van der Waals surface area contributed by atoms with Crippen LogP contribution in [0.2, 0.25) is 0 Å². The number of rotatable bonds is 4. The van der Waals surface area contributed by atoms with Crippen molar-refractivity contribution in [3.8, 4) is 11.5 Å². The zero-order valence-corrected chi connectivity index (χ0v) is 10.9. The molecule has 1 aromatic rings. The molecule has 0 radical (unpaired) electrons. The first-order chi connectivity index (χ1) is 8.63. The van der Waals surface area contributed by atoms with Crippen molar-refractivity contribution in [3.63, 3.8) is 0 Å². The van der Waals surface area contributed by atoms with E-state index in [9.17, 15) is 5.11 Å². The predicted molar refractivity (Wildman–Crippen MR) is 72.5 cm³/mol. The second-order valence-electron chi connectivity index (χ2n) is 4.62. The van der Waals surface area contributed by atoms with E-state index in [4.69, 9.17) is 4.74 Å². The number of hydrogen-bond donors (Lipinski definition) is 2. The van der Waals surface area contributed by atoms with Gasteiger partial charge in [0, 0.05) is 5.70 Å². The lowest BCUT2D eigenvalue weighted by Crippen LogP contribution is -2.37. The molecule has 2 N–H and O–H groups in total. The zero-order valence-electron chi connectivity index (χ0n) is 10.9. The maximum atomic E-state index is 9.94. The Morgan fingerprint density at radius 2 is 2.33 bits per heavy atom. The normalized spacial score (nSPS) is 19.8. The molecule has 2 rings (SSSR count). The third-order valence-corrected chi connectivity index (χ3v) is 3.39. The van der Waals surface area contributed by atoms with Gasteiger partial charge in [-0.15, -0.1) is 0 Å². The number of phenolic OH excluding ortho intramolecular Hbond substituents is 1. The summed E-state index contributed by atoms with van der Waals surface area (Å²) in [5.41, 5.74) is 1.34. The Kier molecular flexibility index (Phi) is 3.77. The maximum absolute atomic E-state index is 9.94. The minimum Gasteiger partial charge on any atom is -0.507 e. The molecular weight excluding hydrogens is 228 g/mol. The lowest BCUT2D eigenvalue weighted by molar-refractivity contribution is 0.290. The van der Waals surface area contributed by atoms with Crippen LogP contribution in [-0.2, 0) is 0 Å². The van der Waals surface area contributed by atoms with E-state index in [0.717, 1.165) is 13.0 Å². The molecule has 18 heavy (non-hydrogen) atoms. The Morgan fingerprint density at radius 1 is 1.56 bits per heavy atom. The van der Waals surface area contributed by atoms with E-state index in [1.165, 1.54) is 6.42 Å². The SMILES string of the molecule is C=C(NC1CCCN1C)c1c(O)cccc1OC. The number of nitrogens with one attached hydrogen (secondary N) is 1. The van der Waals surface area contributed by atoms with Crippen molar-refractivity contribution in [2.45, 2.75) is 19.0 Å². The Morgan fingerprint density at radius 3 is 2.94 bits per heavy atom. The van der Waals surface area contributed by atoms with Crippen molar-refractivity contribution in [1.29, 1.82) is 0 Å². The van der Waals surface area contributed by atoms with Gasteiger partial charge in [0.15, 0.2) is 0 Å².